The van der Waals surface area contributed by atoms with Gasteiger partial charge in [0.15, 0.2) is 5.75 Å². The van der Waals surface area contributed by atoms with Gasteiger partial charge in [0, 0.05) is 11.6 Å². The van der Waals surface area contributed by atoms with Gasteiger partial charge in [-0.2, -0.15) is 5.26 Å². The van der Waals surface area contributed by atoms with E-state index in [-0.39, 0.29) is 24.9 Å². The standard InChI is InChI=1S/C24H24Cl2N4O4S/c1-24(2,19-10-16(12-27)22(21(26)11-19)33-9-8-25)18-4-6-20(7-5-18)34-14-17-13-28-15-29-23(17)30-35(3,31)32/h4-7,10-11,13,15H,8-9,14H2,1-3H3,(H,28,29,30). The Hall–Kier alpha value is -3.06. The SMILES string of the molecule is CC(C)(c1ccc(OCc2cncnc2NS(C)(=O)=O)cc1)c1cc(Cl)c(OCCCl)c(C#N)c1. The lowest BCUT2D eigenvalue weighted by atomic mass is 9.77. The first kappa shape index (κ1) is 26.5. The molecule has 11 heteroatoms. The van der Waals surface area contributed by atoms with Crippen molar-refractivity contribution in [2.45, 2.75) is 25.9 Å². The molecule has 0 fully saturated rings. The summed E-state index contributed by atoms with van der Waals surface area (Å²) in [5.41, 5.74) is 2.19. The van der Waals surface area contributed by atoms with Crippen LogP contribution in [0.4, 0.5) is 5.82 Å². The lowest BCUT2D eigenvalue weighted by molar-refractivity contribution is 0.306. The highest BCUT2D eigenvalue weighted by molar-refractivity contribution is 7.92. The number of nitriles is 1. The van der Waals surface area contributed by atoms with Gasteiger partial charge < -0.3 is 9.47 Å². The Balaban J connectivity index is 1.79. The monoisotopic (exact) mass is 534 g/mol. The third-order valence-corrected chi connectivity index (χ3v) is 6.25. The van der Waals surface area contributed by atoms with Crippen molar-refractivity contribution in [3.63, 3.8) is 0 Å². The normalized spacial score (nSPS) is 11.5. The number of nitrogens with one attached hydrogen (secondary N) is 1. The Bertz CT molecular complexity index is 1340. The van der Waals surface area contributed by atoms with Crippen LogP contribution >= 0.6 is 23.2 Å². The van der Waals surface area contributed by atoms with Crippen LogP contribution in [0.25, 0.3) is 0 Å². The number of halogens is 2. The van der Waals surface area contributed by atoms with Crippen molar-refractivity contribution in [2.75, 3.05) is 23.5 Å². The zero-order valence-electron chi connectivity index (χ0n) is 19.4. The summed E-state index contributed by atoms with van der Waals surface area (Å²) >= 11 is 12.1. The fourth-order valence-corrected chi connectivity index (χ4v) is 4.24. The second kappa shape index (κ2) is 11.1. The van der Waals surface area contributed by atoms with Gasteiger partial charge in [-0.1, -0.05) is 37.6 Å². The first-order valence-corrected chi connectivity index (χ1v) is 13.3. The van der Waals surface area contributed by atoms with Crippen molar-refractivity contribution in [3.05, 3.63) is 76.2 Å². The van der Waals surface area contributed by atoms with Crippen LogP contribution < -0.4 is 14.2 Å². The van der Waals surface area contributed by atoms with Crippen molar-refractivity contribution in [3.8, 4) is 17.6 Å². The summed E-state index contributed by atoms with van der Waals surface area (Å²) < 4.78 is 36.8. The molecule has 0 aliphatic carbocycles. The molecule has 8 nitrogen and oxygen atoms in total. The van der Waals surface area contributed by atoms with Crippen molar-refractivity contribution < 1.29 is 17.9 Å². The van der Waals surface area contributed by atoms with Crippen molar-refractivity contribution >= 4 is 39.0 Å². The third kappa shape index (κ3) is 6.75. The smallest absolute Gasteiger partial charge is 0.230 e. The molecule has 1 N–H and O–H groups in total. The molecule has 3 aromatic rings. The largest absolute Gasteiger partial charge is 0.489 e. The van der Waals surface area contributed by atoms with E-state index in [0.29, 0.717) is 27.6 Å². The van der Waals surface area contributed by atoms with Crippen molar-refractivity contribution in [1.29, 1.82) is 5.26 Å². The Labute approximate surface area is 214 Å². The van der Waals surface area contributed by atoms with Gasteiger partial charge >= 0.3 is 0 Å². The van der Waals surface area contributed by atoms with Gasteiger partial charge in [-0.3, -0.25) is 4.72 Å². The van der Waals surface area contributed by atoms with E-state index in [4.69, 9.17) is 32.7 Å². The number of nitrogens with zero attached hydrogens (tertiary/aromatic N) is 3. The number of benzene rings is 2. The maximum atomic E-state index is 11.6. The minimum Gasteiger partial charge on any atom is -0.489 e. The Morgan fingerprint density at radius 3 is 2.49 bits per heavy atom. The van der Waals surface area contributed by atoms with Gasteiger partial charge in [-0.15, -0.1) is 11.6 Å². The first-order chi connectivity index (χ1) is 16.5. The highest BCUT2D eigenvalue weighted by atomic mass is 35.5. The second-order valence-corrected chi connectivity index (χ2v) is 10.7. The number of anilines is 1. The average Bonchev–Trinajstić information content (AvgIpc) is 2.81. The zero-order valence-corrected chi connectivity index (χ0v) is 21.7. The Kier molecular flexibility index (Phi) is 8.43. The van der Waals surface area contributed by atoms with Gasteiger partial charge in [-0.25, -0.2) is 18.4 Å². The van der Waals surface area contributed by atoms with Gasteiger partial charge in [0.2, 0.25) is 10.0 Å². The molecule has 0 radical (unpaired) electrons. The fourth-order valence-electron chi connectivity index (χ4n) is 3.35. The van der Waals surface area contributed by atoms with Crippen molar-refractivity contribution in [2.24, 2.45) is 0 Å². The van der Waals surface area contributed by atoms with Crippen LogP contribution in [0.2, 0.25) is 5.02 Å². The third-order valence-electron chi connectivity index (χ3n) is 5.25. The summed E-state index contributed by atoms with van der Waals surface area (Å²) in [6.45, 7) is 4.38. The van der Waals surface area contributed by atoms with Gasteiger partial charge in [0.25, 0.3) is 0 Å². The highest BCUT2D eigenvalue weighted by Crippen LogP contribution is 2.38. The minimum atomic E-state index is -3.49. The highest BCUT2D eigenvalue weighted by Gasteiger charge is 2.26. The van der Waals surface area contributed by atoms with E-state index in [9.17, 15) is 13.7 Å². The first-order valence-electron chi connectivity index (χ1n) is 10.5. The molecule has 0 bridgehead atoms. The second-order valence-electron chi connectivity index (χ2n) is 8.19. The zero-order chi connectivity index (χ0) is 25.6. The quantitative estimate of drug-likeness (QED) is 0.368. The molecule has 0 saturated carbocycles. The van der Waals surface area contributed by atoms with E-state index < -0.39 is 15.4 Å². The molecule has 0 spiro atoms. The number of hydrogen-bond donors (Lipinski definition) is 1. The fraction of sp³-hybridized carbons (Fsp3) is 0.292. The van der Waals surface area contributed by atoms with E-state index in [1.807, 2.05) is 38.1 Å². The van der Waals surface area contributed by atoms with Crippen LogP contribution in [0.15, 0.2) is 48.9 Å². The Morgan fingerprint density at radius 2 is 1.86 bits per heavy atom. The van der Waals surface area contributed by atoms with Crippen LogP contribution in [0.5, 0.6) is 11.5 Å². The van der Waals surface area contributed by atoms with Crippen LogP contribution in [-0.2, 0) is 22.0 Å². The van der Waals surface area contributed by atoms with Gasteiger partial charge in [0.1, 0.15) is 37.2 Å². The van der Waals surface area contributed by atoms with Crippen LogP contribution in [0, 0.1) is 11.3 Å². The number of hydrogen-bond acceptors (Lipinski definition) is 7. The predicted octanol–water partition coefficient (Wildman–Crippen LogP) is 4.90. The molecule has 3 rings (SSSR count). The number of alkyl halides is 1. The molecule has 1 aromatic heterocycles. The molecule has 1 heterocycles. The van der Waals surface area contributed by atoms with E-state index in [1.165, 1.54) is 12.5 Å². The number of rotatable bonds is 10. The lowest BCUT2D eigenvalue weighted by Crippen LogP contribution is -2.19. The Morgan fingerprint density at radius 1 is 1.14 bits per heavy atom. The molecular formula is C24H24Cl2N4O4S. The molecule has 0 amide bonds. The number of sulfonamides is 1. The minimum absolute atomic E-state index is 0.0757. The summed E-state index contributed by atoms with van der Waals surface area (Å²) in [6.07, 6.45) is 3.80. The summed E-state index contributed by atoms with van der Waals surface area (Å²) in [7, 11) is -3.49. The maximum Gasteiger partial charge on any atom is 0.230 e. The molecule has 184 valence electrons. The molecule has 0 unspecified atom stereocenters. The van der Waals surface area contributed by atoms with Crippen LogP contribution in [0.3, 0.4) is 0 Å². The molecule has 2 aromatic carbocycles. The van der Waals surface area contributed by atoms with E-state index in [1.54, 1.807) is 12.1 Å². The molecule has 35 heavy (non-hydrogen) atoms. The average molecular weight is 535 g/mol. The number of ether oxygens (including phenoxy) is 2. The van der Waals surface area contributed by atoms with Crippen LogP contribution in [-0.4, -0.2) is 37.1 Å². The lowest BCUT2D eigenvalue weighted by Gasteiger charge is -2.27. The summed E-state index contributed by atoms with van der Waals surface area (Å²) in [5.74, 6) is 1.37. The molecular weight excluding hydrogens is 511 g/mol. The van der Waals surface area contributed by atoms with E-state index in [0.717, 1.165) is 17.4 Å². The van der Waals surface area contributed by atoms with E-state index >= 15 is 0 Å². The maximum absolute atomic E-state index is 11.6. The summed E-state index contributed by atoms with van der Waals surface area (Å²) in [6, 6.07) is 13.2. The van der Waals surface area contributed by atoms with Gasteiger partial charge in [0.05, 0.1) is 28.3 Å². The molecule has 0 saturated heterocycles. The summed E-state index contributed by atoms with van der Waals surface area (Å²) in [4.78, 5) is 7.91. The topological polar surface area (TPSA) is 114 Å². The molecule has 0 aliphatic rings. The molecule has 0 aliphatic heterocycles. The number of aromatic nitrogens is 2. The van der Waals surface area contributed by atoms with Gasteiger partial charge in [-0.05, 0) is 35.4 Å². The summed E-state index contributed by atoms with van der Waals surface area (Å²) in [5, 5.41) is 9.94. The molecule has 0 atom stereocenters. The van der Waals surface area contributed by atoms with E-state index in [2.05, 4.69) is 20.8 Å². The van der Waals surface area contributed by atoms with Crippen molar-refractivity contribution in [1.82, 2.24) is 9.97 Å². The van der Waals surface area contributed by atoms with Crippen LogP contribution in [0.1, 0.15) is 36.1 Å². The predicted molar refractivity (Wildman–Crippen MR) is 136 cm³/mol.